The van der Waals surface area contributed by atoms with Crippen molar-refractivity contribution in [3.05, 3.63) is 46.5 Å². The first-order valence-electron chi connectivity index (χ1n) is 5.59. The number of benzene rings is 1. The lowest BCUT2D eigenvalue weighted by atomic mass is 10.1. The van der Waals surface area contributed by atoms with E-state index in [9.17, 15) is 5.11 Å². The van der Waals surface area contributed by atoms with Crippen molar-refractivity contribution in [1.29, 1.82) is 0 Å². The number of rotatable bonds is 4. The molecule has 0 radical (unpaired) electrons. The van der Waals surface area contributed by atoms with Gasteiger partial charge < -0.3 is 14.4 Å². The molecule has 1 N–H and O–H groups in total. The van der Waals surface area contributed by atoms with Gasteiger partial charge in [0, 0.05) is 30.3 Å². The van der Waals surface area contributed by atoms with Gasteiger partial charge in [0.25, 0.3) is 0 Å². The predicted molar refractivity (Wildman–Crippen MR) is 72.6 cm³/mol. The third-order valence-corrected chi connectivity index (χ3v) is 3.31. The van der Waals surface area contributed by atoms with E-state index in [0.29, 0.717) is 12.2 Å². The fraction of sp³-hybridized carbons (Fsp3) is 0.308. The van der Waals surface area contributed by atoms with E-state index in [1.807, 2.05) is 36.0 Å². The molecule has 0 saturated carbocycles. The fourth-order valence-corrected chi connectivity index (χ4v) is 2.31. The minimum atomic E-state index is -0.645. The second kappa shape index (κ2) is 5.54. The van der Waals surface area contributed by atoms with Crippen LogP contribution >= 0.6 is 15.9 Å². The molecular weight excluding hydrogens is 296 g/mol. The van der Waals surface area contributed by atoms with Crippen molar-refractivity contribution in [2.45, 2.75) is 12.5 Å². The Hall–Kier alpha value is -1.33. The largest absolute Gasteiger partial charge is 0.496 e. The van der Waals surface area contributed by atoms with Crippen LogP contribution in [0, 0.1) is 0 Å². The maximum absolute atomic E-state index is 10.2. The van der Waals surface area contributed by atoms with Crippen molar-refractivity contribution >= 4 is 15.9 Å². The normalized spacial score (nSPS) is 12.4. The quantitative estimate of drug-likeness (QED) is 0.943. The third kappa shape index (κ3) is 2.73. The Kier molecular flexibility index (Phi) is 4.04. The maximum atomic E-state index is 10.2. The van der Waals surface area contributed by atoms with Crippen LogP contribution in [0.3, 0.4) is 0 Å². The Labute approximate surface area is 114 Å². The molecule has 96 valence electrons. The Morgan fingerprint density at radius 1 is 1.50 bits per heavy atom. The molecule has 0 aliphatic rings. The molecule has 1 unspecified atom stereocenters. The number of hydrogen-bond donors (Lipinski definition) is 1. The van der Waals surface area contributed by atoms with Crippen molar-refractivity contribution in [2.24, 2.45) is 7.05 Å². The Bertz CT molecular complexity index is 540. The second-order valence-electron chi connectivity index (χ2n) is 4.07. The lowest BCUT2D eigenvalue weighted by Crippen LogP contribution is -2.09. The zero-order valence-electron chi connectivity index (χ0n) is 10.3. The van der Waals surface area contributed by atoms with Gasteiger partial charge in [-0.15, -0.1) is 0 Å². The minimum absolute atomic E-state index is 0.466. The summed E-state index contributed by atoms with van der Waals surface area (Å²) in [6.07, 6.45) is 3.31. The number of aromatic nitrogens is 2. The molecule has 1 aromatic heterocycles. The van der Waals surface area contributed by atoms with E-state index in [1.54, 1.807) is 13.3 Å². The highest BCUT2D eigenvalue weighted by atomic mass is 79.9. The number of imidazole rings is 1. The van der Waals surface area contributed by atoms with Gasteiger partial charge in [-0.2, -0.15) is 0 Å². The maximum Gasteiger partial charge on any atom is 0.137 e. The average Bonchev–Trinajstić information content (AvgIpc) is 2.76. The number of hydrogen-bond acceptors (Lipinski definition) is 3. The number of aryl methyl sites for hydroxylation is 1. The smallest absolute Gasteiger partial charge is 0.137 e. The first kappa shape index (κ1) is 13.1. The van der Waals surface area contributed by atoms with Crippen LogP contribution in [-0.4, -0.2) is 21.8 Å². The van der Waals surface area contributed by atoms with E-state index in [4.69, 9.17) is 4.74 Å². The van der Waals surface area contributed by atoms with Crippen LogP contribution in [0.15, 0.2) is 35.1 Å². The van der Waals surface area contributed by atoms with E-state index in [0.717, 1.165) is 15.8 Å². The van der Waals surface area contributed by atoms with Gasteiger partial charge in [0.1, 0.15) is 17.7 Å². The summed E-state index contributed by atoms with van der Waals surface area (Å²) in [6, 6.07) is 5.74. The molecule has 1 heterocycles. The van der Waals surface area contributed by atoms with Crippen molar-refractivity contribution in [3.63, 3.8) is 0 Å². The number of nitrogens with zero attached hydrogens (tertiary/aromatic N) is 2. The Morgan fingerprint density at radius 3 is 2.89 bits per heavy atom. The molecule has 0 fully saturated rings. The number of aliphatic hydroxyl groups is 1. The molecule has 4 nitrogen and oxygen atoms in total. The van der Waals surface area contributed by atoms with Gasteiger partial charge >= 0.3 is 0 Å². The van der Waals surface area contributed by atoms with Crippen LogP contribution in [0.2, 0.25) is 0 Å². The van der Waals surface area contributed by atoms with E-state index in [2.05, 4.69) is 20.9 Å². The summed E-state index contributed by atoms with van der Waals surface area (Å²) in [5, 5.41) is 10.2. The van der Waals surface area contributed by atoms with E-state index in [1.165, 1.54) is 0 Å². The molecular formula is C13H15BrN2O2. The number of halogens is 1. The summed E-state index contributed by atoms with van der Waals surface area (Å²) in [4.78, 5) is 4.15. The van der Waals surface area contributed by atoms with E-state index < -0.39 is 6.10 Å². The average molecular weight is 311 g/mol. The summed E-state index contributed by atoms with van der Waals surface area (Å²) in [6.45, 7) is 0. The molecule has 0 amide bonds. The van der Waals surface area contributed by atoms with Gasteiger partial charge in [0.2, 0.25) is 0 Å². The Balaban J connectivity index is 2.23. The van der Waals surface area contributed by atoms with Crippen molar-refractivity contribution in [3.8, 4) is 5.75 Å². The monoisotopic (exact) mass is 310 g/mol. The predicted octanol–water partition coefficient (Wildman–Crippen LogP) is 2.47. The van der Waals surface area contributed by atoms with E-state index in [-0.39, 0.29) is 0 Å². The van der Waals surface area contributed by atoms with Gasteiger partial charge in [0.05, 0.1) is 7.11 Å². The molecule has 1 atom stereocenters. The number of ether oxygens (including phenoxy) is 1. The van der Waals surface area contributed by atoms with Crippen LogP contribution in [-0.2, 0) is 13.5 Å². The van der Waals surface area contributed by atoms with E-state index >= 15 is 0 Å². The van der Waals surface area contributed by atoms with Crippen molar-refractivity contribution < 1.29 is 9.84 Å². The number of aliphatic hydroxyl groups excluding tert-OH is 1. The molecule has 1 aromatic carbocycles. The highest BCUT2D eigenvalue weighted by molar-refractivity contribution is 9.10. The van der Waals surface area contributed by atoms with Crippen LogP contribution in [0.1, 0.15) is 17.5 Å². The Morgan fingerprint density at radius 2 is 2.28 bits per heavy atom. The first-order chi connectivity index (χ1) is 8.61. The summed E-state index contributed by atoms with van der Waals surface area (Å²) in [5.74, 6) is 1.42. The summed E-state index contributed by atoms with van der Waals surface area (Å²) in [5.41, 5.74) is 0.947. The highest BCUT2D eigenvalue weighted by Crippen LogP contribution is 2.27. The number of methoxy groups -OCH3 is 1. The molecule has 0 spiro atoms. The molecule has 0 saturated heterocycles. The van der Waals surface area contributed by atoms with Gasteiger partial charge in [-0.1, -0.05) is 15.9 Å². The molecule has 0 aliphatic carbocycles. The topological polar surface area (TPSA) is 47.3 Å². The van der Waals surface area contributed by atoms with Crippen LogP contribution in [0.4, 0.5) is 0 Å². The molecule has 2 aromatic rings. The van der Waals surface area contributed by atoms with Gasteiger partial charge in [0.15, 0.2) is 0 Å². The standard InChI is InChI=1S/C13H15BrN2O2/c1-16-6-5-15-13(16)11(17)8-9-7-10(14)3-4-12(9)18-2/h3-7,11,17H,8H2,1-2H3. The van der Waals surface area contributed by atoms with Crippen molar-refractivity contribution in [2.75, 3.05) is 7.11 Å². The molecule has 2 rings (SSSR count). The van der Waals surface area contributed by atoms with Crippen LogP contribution in [0.5, 0.6) is 5.75 Å². The summed E-state index contributed by atoms with van der Waals surface area (Å²) in [7, 11) is 3.49. The molecule has 0 aliphatic heterocycles. The molecule has 18 heavy (non-hydrogen) atoms. The SMILES string of the molecule is COc1ccc(Br)cc1CC(O)c1nccn1C. The highest BCUT2D eigenvalue weighted by Gasteiger charge is 2.15. The van der Waals surface area contributed by atoms with Gasteiger partial charge in [-0.05, 0) is 23.8 Å². The first-order valence-corrected chi connectivity index (χ1v) is 6.39. The lowest BCUT2D eigenvalue weighted by molar-refractivity contribution is 0.164. The second-order valence-corrected chi connectivity index (χ2v) is 4.99. The van der Waals surface area contributed by atoms with Gasteiger partial charge in [-0.25, -0.2) is 4.98 Å². The molecule has 5 heteroatoms. The molecule has 0 bridgehead atoms. The van der Waals surface area contributed by atoms with Crippen molar-refractivity contribution in [1.82, 2.24) is 9.55 Å². The zero-order chi connectivity index (χ0) is 13.1. The summed E-state index contributed by atoms with van der Waals surface area (Å²) >= 11 is 3.42. The third-order valence-electron chi connectivity index (χ3n) is 2.81. The van der Waals surface area contributed by atoms with Crippen LogP contribution < -0.4 is 4.74 Å². The summed E-state index contributed by atoms with van der Waals surface area (Å²) < 4.78 is 8.07. The zero-order valence-corrected chi connectivity index (χ0v) is 11.9. The minimum Gasteiger partial charge on any atom is -0.496 e. The lowest BCUT2D eigenvalue weighted by Gasteiger charge is -2.13. The van der Waals surface area contributed by atoms with Gasteiger partial charge in [-0.3, -0.25) is 0 Å². The fourth-order valence-electron chi connectivity index (χ4n) is 1.90. The van der Waals surface area contributed by atoms with Crippen LogP contribution in [0.25, 0.3) is 0 Å².